The number of rotatable bonds is 4. The second-order valence-corrected chi connectivity index (χ2v) is 6.77. The summed E-state index contributed by atoms with van der Waals surface area (Å²) in [6, 6.07) is 8.29. The zero-order valence-electron chi connectivity index (χ0n) is 11.3. The summed E-state index contributed by atoms with van der Waals surface area (Å²) >= 11 is 5.16. The lowest BCUT2D eigenvalue weighted by atomic mass is 10.2. The predicted octanol–water partition coefficient (Wildman–Crippen LogP) is 4.81. The van der Waals surface area contributed by atoms with Crippen LogP contribution in [-0.4, -0.2) is 4.98 Å². The summed E-state index contributed by atoms with van der Waals surface area (Å²) in [5.74, 6) is 0.949. The topological polar surface area (TPSA) is 38.1 Å². The van der Waals surface area contributed by atoms with E-state index in [1.807, 2.05) is 19.1 Å². The van der Waals surface area contributed by atoms with E-state index in [1.54, 1.807) is 11.3 Å². The molecule has 2 heterocycles. The summed E-state index contributed by atoms with van der Waals surface area (Å²) in [5.41, 5.74) is 2.00. The van der Waals surface area contributed by atoms with Crippen LogP contribution in [0.15, 0.2) is 38.5 Å². The van der Waals surface area contributed by atoms with E-state index in [-0.39, 0.29) is 6.04 Å². The summed E-state index contributed by atoms with van der Waals surface area (Å²) in [4.78, 5) is 4.45. The molecule has 0 fully saturated rings. The van der Waals surface area contributed by atoms with Crippen LogP contribution in [0.4, 0.5) is 0 Å². The van der Waals surface area contributed by atoms with Crippen molar-refractivity contribution in [2.75, 3.05) is 0 Å². The zero-order valence-corrected chi connectivity index (χ0v) is 13.7. The first-order valence-electron chi connectivity index (χ1n) is 6.45. The molecule has 0 aliphatic carbocycles. The number of nitrogens with one attached hydrogen (secondary N) is 1. The fraction of sp³-hybridized carbons (Fsp3) is 0.267. The Morgan fingerprint density at radius 2 is 2.25 bits per heavy atom. The van der Waals surface area contributed by atoms with Gasteiger partial charge in [-0.15, -0.1) is 11.3 Å². The van der Waals surface area contributed by atoms with Crippen molar-refractivity contribution in [3.63, 3.8) is 0 Å². The third-order valence-corrected chi connectivity index (χ3v) is 4.50. The highest BCUT2D eigenvalue weighted by atomic mass is 79.9. The molecule has 0 aliphatic heterocycles. The Balaban J connectivity index is 1.73. The molecule has 1 aromatic carbocycles. The van der Waals surface area contributed by atoms with Gasteiger partial charge in [-0.3, -0.25) is 0 Å². The number of hydrogen-bond donors (Lipinski definition) is 1. The Morgan fingerprint density at radius 3 is 3.00 bits per heavy atom. The molecule has 0 radical (unpaired) electrons. The lowest BCUT2D eigenvalue weighted by molar-refractivity contribution is 0.449. The number of thiazole rings is 1. The lowest BCUT2D eigenvalue weighted by Crippen LogP contribution is -2.17. The molecule has 0 saturated heterocycles. The molecule has 3 nitrogen and oxygen atoms in total. The van der Waals surface area contributed by atoms with Gasteiger partial charge in [-0.1, -0.05) is 15.9 Å². The van der Waals surface area contributed by atoms with E-state index in [2.05, 4.69) is 50.7 Å². The van der Waals surface area contributed by atoms with E-state index in [0.717, 1.165) is 38.4 Å². The van der Waals surface area contributed by atoms with Gasteiger partial charge in [0, 0.05) is 21.8 Å². The monoisotopic (exact) mass is 350 g/mol. The molecule has 0 bridgehead atoms. The Bertz CT molecular complexity index is 734. The maximum Gasteiger partial charge on any atom is 0.134 e. The number of hydrogen-bond acceptors (Lipinski definition) is 4. The molecule has 1 N–H and O–H groups in total. The fourth-order valence-corrected chi connectivity index (χ4v) is 3.09. The molecule has 0 aliphatic rings. The Kier molecular flexibility index (Phi) is 3.92. The van der Waals surface area contributed by atoms with Crippen LogP contribution >= 0.6 is 27.3 Å². The number of benzene rings is 1. The number of halogens is 1. The maximum absolute atomic E-state index is 5.88. The van der Waals surface area contributed by atoms with Gasteiger partial charge in [0.05, 0.1) is 16.7 Å². The van der Waals surface area contributed by atoms with Crippen LogP contribution in [0.5, 0.6) is 0 Å². The summed E-state index contributed by atoms with van der Waals surface area (Å²) in [6.07, 6.45) is 0. The number of fused-ring (bicyclic) bond motifs is 1. The summed E-state index contributed by atoms with van der Waals surface area (Å²) in [5, 5.41) is 7.75. The highest BCUT2D eigenvalue weighted by Crippen LogP contribution is 2.26. The van der Waals surface area contributed by atoms with Gasteiger partial charge in [0.1, 0.15) is 11.3 Å². The molecule has 0 saturated carbocycles. The number of aromatic nitrogens is 1. The highest BCUT2D eigenvalue weighted by molar-refractivity contribution is 9.10. The van der Waals surface area contributed by atoms with Crippen molar-refractivity contribution in [1.82, 2.24) is 10.3 Å². The maximum atomic E-state index is 5.88. The number of aryl methyl sites for hydroxylation is 1. The Hall–Kier alpha value is -1.17. The number of furan rings is 1. The van der Waals surface area contributed by atoms with Crippen LogP contribution in [0.2, 0.25) is 0 Å². The average Bonchev–Trinajstić information content (AvgIpc) is 3.01. The van der Waals surface area contributed by atoms with Gasteiger partial charge < -0.3 is 9.73 Å². The van der Waals surface area contributed by atoms with E-state index < -0.39 is 0 Å². The molecule has 1 unspecified atom stereocenters. The van der Waals surface area contributed by atoms with E-state index in [1.165, 1.54) is 0 Å². The predicted molar refractivity (Wildman–Crippen MR) is 86.0 cm³/mol. The summed E-state index contributed by atoms with van der Waals surface area (Å²) in [7, 11) is 0. The Morgan fingerprint density at radius 1 is 1.40 bits per heavy atom. The van der Waals surface area contributed by atoms with E-state index >= 15 is 0 Å². The minimum atomic E-state index is 0.156. The van der Waals surface area contributed by atoms with Crippen LogP contribution in [0.25, 0.3) is 11.0 Å². The quantitative estimate of drug-likeness (QED) is 0.733. The zero-order chi connectivity index (χ0) is 14.1. The molecular formula is C15H15BrN2OS. The molecule has 3 aromatic rings. The first-order valence-corrected chi connectivity index (χ1v) is 8.12. The third-order valence-electron chi connectivity index (χ3n) is 3.18. The van der Waals surface area contributed by atoms with Gasteiger partial charge in [0.2, 0.25) is 0 Å². The van der Waals surface area contributed by atoms with Crippen molar-refractivity contribution >= 4 is 38.2 Å². The smallest absolute Gasteiger partial charge is 0.134 e. The van der Waals surface area contributed by atoms with Gasteiger partial charge in [0.15, 0.2) is 0 Å². The minimum absolute atomic E-state index is 0.156. The highest BCUT2D eigenvalue weighted by Gasteiger charge is 2.12. The average molecular weight is 351 g/mol. The molecule has 20 heavy (non-hydrogen) atoms. The van der Waals surface area contributed by atoms with Gasteiger partial charge in [-0.25, -0.2) is 4.98 Å². The van der Waals surface area contributed by atoms with E-state index in [0.29, 0.717) is 0 Å². The van der Waals surface area contributed by atoms with Gasteiger partial charge in [-0.05, 0) is 38.1 Å². The molecule has 2 aromatic heterocycles. The van der Waals surface area contributed by atoms with Crippen LogP contribution in [0, 0.1) is 6.92 Å². The van der Waals surface area contributed by atoms with Crippen molar-refractivity contribution in [3.8, 4) is 0 Å². The van der Waals surface area contributed by atoms with Crippen LogP contribution in [0.3, 0.4) is 0 Å². The van der Waals surface area contributed by atoms with Crippen molar-refractivity contribution in [3.05, 3.63) is 50.6 Å². The molecule has 5 heteroatoms. The first kappa shape index (κ1) is 13.8. The van der Waals surface area contributed by atoms with Crippen molar-refractivity contribution in [1.29, 1.82) is 0 Å². The van der Waals surface area contributed by atoms with E-state index in [4.69, 9.17) is 4.42 Å². The molecular weight excluding hydrogens is 336 g/mol. The van der Waals surface area contributed by atoms with Gasteiger partial charge >= 0.3 is 0 Å². The first-order chi connectivity index (χ1) is 9.61. The van der Waals surface area contributed by atoms with Crippen LogP contribution < -0.4 is 5.32 Å². The molecule has 104 valence electrons. The van der Waals surface area contributed by atoms with Crippen molar-refractivity contribution in [2.45, 2.75) is 26.4 Å². The normalized spacial score (nSPS) is 12.9. The summed E-state index contributed by atoms with van der Waals surface area (Å²) in [6.45, 7) is 4.88. The minimum Gasteiger partial charge on any atom is -0.459 e. The van der Waals surface area contributed by atoms with E-state index in [9.17, 15) is 0 Å². The number of nitrogens with zero attached hydrogens (tertiary/aromatic N) is 1. The molecule has 1 atom stereocenters. The lowest BCUT2D eigenvalue weighted by Gasteiger charge is -2.09. The second kappa shape index (κ2) is 5.68. The SMILES string of the molecule is Cc1nc(CNC(C)c2cc3cc(Br)ccc3o2)cs1. The standard InChI is InChI=1S/C15H15BrN2OS/c1-9(17-7-13-8-20-10(2)18-13)15-6-11-5-12(16)3-4-14(11)19-15/h3-6,8-9,17H,7H2,1-2H3. The molecule has 0 spiro atoms. The largest absolute Gasteiger partial charge is 0.459 e. The fourth-order valence-electron chi connectivity index (χ4n) is 2.10. The van der Waals surface area contributed by atoms with Crippen LogP contribution in [0.1, 0.15) is 29.4 Å². The Labute approximate surface area is 130 Å². The second-order valence-electron chi connectivity index (χ2n) is 4.79. The molecule has 3 rings (SSSR count). The van der Waals surface area contributed by atoms with Crippen LogP contribution in [-0.2, 0) is 6.54 Å². The van der Waals surface area contributed by atoms with Gasteiger partial charge in [0.25, 0.3) is 0 Å². The van der Waals surface area contributed by atoms with Crippen molar-refractivity contribution in [2.24, 2.45) is 0 Å². The van der Waals surface area contributed by atoms with Gasteiger partial charge in [-0.2, -0.15) is 0 Å². The summed E-state index contributed by atoms with van der Waals surface area (Å²) < 4.78 is 6.94. The van der Waals surface area contributed by atoms with Crippen molar-refractivity contribution < 1.29 is 4.42 Å². The molecule has 0 amide bonds. The third kappa shape index (κ3) is 2.95.